The van der Waals surface area contributed by atoms with Gasteiger partial charge in [-0.2, -0.15) is 0 Å². The topological polar surface area (TPSA) is 138 Å². The molecule has 1 aliphatic heterocycles. The van der Waals surface area contributed by atoms with Crippen molar-refractivity contribution < 1.29 is 29.0 Å². The van der Waals surface area contributed by atoms with Crippen molar-refractivity contribution in [3.8, 4) is 5.75 Å². The van der Waals surface area contributed by atoms with Crippen LogP contribution in [0.5, 0.6) is 5.75 Å². The Morgan fingerprint density at radius 2 is 2.06 bits per heavy atom. The molecule has 0 spiro atoms. The Kier molecular flexibility index (Phi) is 7.64. The van der Waals surface area contributed by atoms with E-state index in [0.717, 1.165) is 48.3 Å². The molecule has 2 aromatic rings. The molecular formula is C24H28N4O6S. The van der Waals surface area contributed by atoms with Crippen molar-refractivity contribution in [3.63, 3.8) is 0 Å². The molecule has 10 nitrogen and oxygen atoms in total. The lowest BCUT2D eigenvalue weighted by Crippen LogP contribution is -2.49. The van der Waals surface area contributed by atoms with Crippen molar-refractivity contribution in [1.29, 1.82) is 0 Å². The number of nitrogens with one attached hydrogen (secondary N) is 2. The maximum atomic E-state index is 13.4. The van der Waals surface area contributed by atoms with Crippen LogP contribution < -0.4 is 10.6 Å². The number of anilines is 1. The van der Waals surface area contributed by atoms with Gasteiger partial charge in [-0.05, 0) is 30.0 Å². The zero-order valence-corrected chi connectivity index (χ0v) is 20.2. The predicted molar refractivity (Wildman–Crippen MR) is 128 cm³/mol. The average Bonchev–Trinajstić information content (AvgIpc) is 3.42. The van der Waals surface area contributed by atoms with Crippen molar-refractivity contribution >= 4 is 40.3 Å². The predicted octanol–water partition coefficient (Wildman–Crippen LogP) is 3.08. The van der Waals surface area contributed by atoms with Gasteiger partial charge >= 0.3 is 12.0 Å². The van der Waals surface area contributed by atoms with E-state index in [1.54, 1.807) is 12.1 Å². The number of esters is 1. The lowest BCUT2D eigenvalue weighted by Gasteiger charge is -2.30. The minimum absolute atomic E-state index is 0.0674. The number of imide groups is 1. The molecule has 1 aliphatic carbocycles. The molecule has 2 aliphatic rings. The van der Waals surface area contributed by atoms with E-state index < -0.39 is 35.9 Å². The van der Waals surface area contributed by atoms with Crippen LogP contribution in [0.1, 0.15) is 54.6 Å². The van der Waals surface area contributed by atoms with Gasteiger partial charge in [0.05, 0.1) is 7.11 Å². The number of thiazole rings is 1. The van der Waals surface area contributed by atoms with Gasteiger partial charge in [-0.3, -0.25) is 9.59 Å². The number of carbonyl (C=O) groups excluding carboxylic acids is 4. The first kappa shape index (κ1) is 24.6. The molecule has 35 heavy (non-hydrogen) atoms. The van der Waals surface area contributed by atoms with Crippen LogP contribution in [-0.4, -0.2) is 58.0 Å². The molecular weight excluding hydrogens is 472 g/mol. The monoisotopic (exact) mass is 500 g/mol. The number of benzene rings is 1. The van der Waals surface area contributed by atoms with Crippen molar-refractivity contribution in [3.05, 3.63) is 40.9 Å². The minimum atomic E-state index is -1.01. The van der Waals surface area contributed by atoms with Gasteiger partial charge in [0.2, 0.25) is 5.91 Å². The Balaban J connectivity index is 1.53. The quantitative estimate of drug-likeness (QED) is 0.374. The highest BCUT2D eigenvalue weighted by Crippen LogP contribution is 2.31. The van der Waals surface area contributed by atoms with Crippen molar-refractivity contribution in [2.24, 2.45) is 5.92 Å². The second-order valence-electron chi connectivity index (χ2n) is 8.86. The Bertz CT molecular complexity index is 1110. The smallest absolute Gasteiger partial charge is 0.357 e. The van der Waals surface area contributed by atoms with E-state index in [9.17, 15) is 24.3 Å². The van der Waals surface area contributed by atoms with Crippen LogP contribution in [0.15, 0.2) is 29.6 Å². The SMILES string of the molecule is COC(=O)c1csc(NC(=O)[C@H](CC2CCCCC2)N2C(=O)NC(Cc3cccc(O)c3)C2=O)n1. The molecule has 1 saturated heterocycles. The van der Waals surface area contributed by atoms with Crippen LogP contribution in [-0.2, 0) is 20.7 Å². The summed E-state index contributed by atoms with van der Waals surface area (Å²) in [5.74, 6) is -1.34. The zero-order chi connectivity index (χ0) is 24.9. The van der Waals surface area contributed by atoms with Crippen LogP contribution in [0.25, 0.3) is 0 Å². The van der Waals surface area contributed by atoms with Gasteiger partial charge < -0.3 is 20.5 Å². The molecule has 4 amide bonds. The van der Waals surface area contributed by atoms with Crippen molar-refractivity contribution in [2.45, 2.75) is 57.0 Å². The third-order valence-electron chi connectivity index (χ3n) is 6.43. The molecule has 1 unspecified atom stereocenters. The largest absolute Gasteiger partial charge is 0.508 e. The summed E-state index contributed by atoms with van der Waals surface area (Å²) in [7, 11) is 1.24. The number of phenols is 1. The van der Waals surface area contributed by atoms with Crippen LogP contribution in [0.4, 0.5) is 9.93 Å². The molecule has 1 aromatic carbocycles. The van der Waals surface area contributed by atoms with Crippen LogP contribution in [0.3, 0.4) is 0 Å². The lowest BCUT2D eigenvalue weighted by molar-refractivity contribution is -0.134. The fourth-order valence-corrected chi connectivity index (χ4v) is 5.37. The lowest BCUT2D eigenvalue weighted by atomic mass is 9.84. The third-order valence-corrected chi connectivity index (χ3v) is 7.18. The van der Waals surface area contributed by atoms with Crippen LogP contribution in [0, 0.1) is 5.92 Å². The Labute approximate surface area is 206 Å². The Morgan fingerprint density at radius 3 is 2.77 bits per heavy atom. The molecule has 2 atom stereocenters. The van der Waals surface area contributed by atoms with E-state index in [0.29, 0.717) is 12.0 Å². The summed E-state index contributed by atoms with van der Waals surface area (Å²) in [5.41, 5.74) is 0.759. The molecule has 11 heteroatoms. The molecule has 0 radical (unpaired) electrons. The summed E-state index contributed by atoms with van der Waals surface area (Å²) in [4.78, 5) is 56.4. The summed E-state index contributed by atoms with van der Waals surface area (Å²) in [6.07, 6.45) is 5.66. The number of aromatic hydroxyl groups is 1. The van der Waals surface area contributed by atoms with Gasteiger partial charge in [0.1, 0.15) is 17.8 Å². The molecule has 1 saturated carbocycles. The van der Waals surface area contributed by atoms with Gasteiger partial charge in [0.25, 0.3) is 5.91 Å². The summed E-state index contributed by atoms with van der Waals surface area (Å²) >= 11 is 1.06. The molecule has 186 valence electrons. The third kappa shape index (κ3) is 5.79. The average molecular weight is 501 g/mol. The fraction of sp³-hybridized carbons (Fsp3) is 0.458. The summed E-state index contributed by atoms with van der Waals surface area (Å²) in [5, 5.41) is 16.7. The van der Waals surface area contributed by atoms with Crippen LogP contribution in [0.2, 0.25) is 0 Å². The molecule has 2 fully saturated rings. The minimum Gasteiger partial charge on any atom is -0.508 e. The summed E-state index contributed by atoms with van der Waals surface area (Å²) < 4.78 is 4.65. The van der Waals surface area contributed by atoms with Gasteiger partial charge in [-0.1, -0.05) is 44.2 Å². The maximum Gasteiger partial charge on any atom is 0.357 e. The van der Waals surface area contributed by atoms with E-state index in [2.05, 4.69) is 20.4 Å². The number of hydrogen-bond acceptors (Lipinski definition) is 8. The molecule has 1 aromatic heterocycles. The van der Waals surface area contributed by atoms with E-state index in [-0.39, 0.29) is 28.9 Å². The molecule has 4 rings (SSSR count). The number of amides is 4. The number of phenolic OH excluding ortho intramolecular Hbond substituents is 1. The van der Waals surface area contributed by atoms with E-state index >= 15 is 0 Å². The number of methoxy groups -OCH3 is 1. The first-order valence-corrected chi connectivity index (χ1v) is 12.5. The zero-order valence-electron chi connectivity index (χ0n) is 19.4. The van der Waals surface area contributed by atoms with Gasteiger partial charge in [-0.15, -0.1) is 11.3 Å². The second-order valence-corrected chi connectivity index (χ2v) is 9.72. The standard InChI is InChI=1S/C24H28N4O6S/c1-34-22(32)18-13-35-23(25-18)27-20(30)19(12-14-6-3-2-4-7-14)28-21(31)17(26-24(28)33)11-15-8-5-9-16(29)10-15/h5,8-10,13-14,17,19,29H,2-4,6-7,11-12H2,1H3,(H,26,33)(H,25,27,30)/t17?,19-/m0/s1. The van der Waals surface area contributed by atoms with E-state index in [4.69, 9.17) is 0 Å². The van der Waals surface area contributed by atoms with E-state index in [1.807, 2.05) is 0 Å². The first-order valence-electron chi connectivity index (χ1n) is 11.6. The summed E-state index contributed by atoms with van der Waals surface area (Å²) in [6.45, 7) is 0. The Morgan fingerprint density at radius 1 is 1.29 bits per heavy atom. The number of rotatable bonds is 8. The normalized spacial score (nSPS) is 19.3. The first-order chi connectivity index (χ1) is 16.9. The molecule has 2 heterocycles. The molecule has 3 N–H and O–H groups in total. The van der Waals surface area contributed by atoms with Crippen molar-refractivity contribution in [1.82, 2.24) is 15.2 Å². The highest BCUT2D eigenvalue weighted by molar-refractivity contribution is 7.14. The number of aromatic nitrogens is 1. The van der Waals surface area contributed by atoms with E-state index in [1.165, 1.54) is 24.6 Å². The highest BCUT2D eigenvalue weighted by Gasteiger charge is 2.45. The van der Waals surface area contributed by atoms with Crippen molar-refractivity contribution in [2.75, 3.05) is 12.4 Å². The molecule has 0 bridgehead atoms. The number of carbonyl (C=O) groups is 4. The Hall–Kier alpha value is -3.47. The summed E-state index contributed by atoms with van der Waals surface area (Å²) in [6, 6.07) is 4.03. The van der Waals surface area contributed by atoms with Gasteiger partial charge in [0.15, 0.2) is 10.8 Å². The van der Waals surface area contributed by atoms with Gasteiger partial charge in [0, 0.05) is 11.8 Å². The second kappa shape index (κ2) is 10.9. The number of hydrogen-bond donors (Lipinski definition) is 3. The number of urea groups is 1. The number of nitrogens with zero attached hydrogens (tertiary/aromatic N) is 2. The maximum absolute atomic E-state index is 13.4. The number of ether oxygens (including phenoxy) is 1. The van der Waals surface area contributed by atoms with Gasteiger partial charge in [-0.25, -0.2) is 19.5 Å². The highest BCUT2D eigenvalue weighted by atomic mass is 32.1. The van der Waals surface area contributed by atoms with Crippen LogP contribution >= 0.6 is 11.3 Å². The fourth-order valence-electron chi connectivity index (χ4n) is 4.69.